The molecule has 100 valence electrons. The Bertz CT molecular complexity index is 417. The predicted molar refractivity (Wildman–Crippen MR) is 80.3 cm³/mol. The fraction of sp³-hybridized carbons (Fsp3) is 0.538. The quantitative estimate of drug-likeness (QED) is 0.627. The molecule has 1 aromatic rings. The van der Waals surface area contributed by atoms with E-state index in [1.807, 2.05) is 13.1 Å². The van der Waals surface area contributed by atoms with Crippen LogP contribution in [0.25, 0.3) is 0 Å². The van der Waals surface area contributed by atoms with Crippen LogP contribution in [0, 0.1) is 18.3 Å². The molecule has 0 radical (unpaired) electrons. The van der Waals surface area contributed by atoms with Crippen LogP contribution >= 0.6 is 15.9 Å². The second-order valence-electron chi connectivity index (χ2n) is 4.91. The van der Waals surface area contributed by atoms with Crippen LogP contribution in [0.5, 0.6) is 0 Å². The van der Waals surface area contributed by atoms with Crippen molar-refractivity contribution in [3.05, 3.63) is 22.3 Å². The summed E-state index contributed by atoms with van der Waals surface area (Å²) in [6, 6.07) is 2.06. The molecule has 18 heavy (non-hydrogen) atoms. The first-order chi connectivity index (χ1) is 8.40. The molecule has 0 aromatic carbocycles. The second-order valence-corrected chi connectivity index (χ2v) is 5.76. The molecule has 0 fully saturated rings. The molecule has 0 aliphatic carbocycles. The highest BCUT2D eigenvalue weighted by molar-refractivity contribution is 9.10. The van der Waals surface area contributed by atoms with Crippen molar-refractivity contribution >= 4 is 27.6 Å². The molecule has 4 nitrogen and oxygen atoms in total. The second kappa shape index (κ2) is 6.73. The fourth-order valence-electron chi connectivity index (χ4n) is 1.69. The Labute approximate surface area is 117 Å². The summed E-state index contributed by atoms with van der Waals surface area (Å²) in [7, 11) is 0. The number of hydrogen-bond donors (Lipinski definition) is 2. The van der Waals surface area contributed by atoms with Crippen molar-refractivity contribution in [2.45, 2.75) is 27.2 Å². The molecule has 0 amide bonds. The SMILES string of the molecule is Cc1cc(N(CCC(=N)N)CC(C)C)ncc1Br. The van der Waals surface area contributed by atoms with Gasteiger partial charge in [0.05, 0.1) is 5.84 Å². The van der Waals surface area contributed by atoms with Gasteiger partial charge in [0.25, 0.3) is 0 Å². The molecule has 1 heterocycles. The number of amidine groups is 1. The highest BCUT2D eigenvalue weighted by Gasteiger charge is 2.11. The van der Waals surface area contributed by atoms with Crippen molar-refractivity contribution in [2.75, 3.05) is 18.0 Å². The van der Waals surface area contributed by atoms with E-state index in [4.69, 9.17) is 11.1 Å². The maximum atomic E-state index is 7.33. The van der Waals surface area contributed by atoms with Gasteiger partial charge < -0.3 is 10.6 Å². The van der Waals surface area contributed by atoms with Gasteiger partial charge in [0.15, 0.2) is 0 Å². The highest BCUT2D eigenvalue weighted by Crippen LogP contribution is 2.20. The summed E-state index contributed by atoms with van der Waals surface area (Å²) in [5.74, 6) is 1.71. The van der Waals surface area contributed by atoms with Crippen molar-refractivity contribution in [2.24, 2.45) is 11.7 Å². The van der Waals surface area contributed by atoms with Crippen molar-refractivity contribution in [3.8, 4) is 0 Å². The Hall–Kier alpha value is -1.10. The first-order valence-electron chi connectivity index (χ1n) is 6.10. The highest BCUT2D eigenvalue weighted by atomic mass is 79.9. The number of rotatable bonds is 6. The Morgan fingerprint density at radius 1 is 1.56 bits per heavy atom. The minimum Gasteiger partial charge on any atom is -0.388 e. The van der Waals surface area contributed by atoms with E-state index < -0.39 is 0 Å². The lowest BCUT2D eigenvalue weighted by atomic mass is 10.2. The maximum Gasteiger partial charge on any atom is 0.128 e. The summed E-state index contributed by atoms with van der Waals surface area (Å²) in [4.78, 5) is 6.62. The van der Waals surface area contributed by atoms with E-state index in [0.717, 1.165) is 28.9 Å². The Morgan fingerprint density at radius 3 is 2.72 bits per heavy atom. The Kier molecular flexibility index (Phi) is 5.59. The van der Waals surface area contributed by atoms with E-state index >= 15 is 0 Å². The molecular formula is C13H21BrN4. The van der Waals surface area contributed by atoms with Crippen LogP contribution in [-0.4, -0.2) is 23.9 Å². The van der Waals surface area contributed by atoms with Gasteiger partial charge in [0, 0.05) is 30.2 Å². The van der Waals surface area contributed by atoms with Gasteiger partial charge in [-0.25, -0.2) is 4.98 Å². The lowest BCUT2D eigenvalue weighted by Gasteiger charge is -2.25. The van der Waals surface area contributed by atoms with E-state index in [2.05, 4.69) is 45.7 Å². The van der Waals surface area contributed by atoms with E-state index in [1.54, 1.807) is 0 Å². The molecule has 1 rings (SSSR count). The summed E-state index contributed by atoms with van der Waals surface area (Å²) < 4.78 is 1.02. The normalized spacial score (nSPS) is 10.7. The molecule has 0 spiro atoms. The van der Waals surface area contributed by atoms with Gasteiger partial charge in [-0.1, -0.05) is 13.8 Å². The molecule has 5 heteroatoms. The number of halogens is 1. The first kappa shape index (κ1) is 15.0. The standard InChI is InChI=1S/C13H21BrN4/c1-9(2)8-18(5-4-12(15)16)13-6-10(3)11(14)7-17-13/h6-7,9H,4-5,8H2,1-3H3,(H3,15,16). The van der Waals surface area contributed by atoms with Crippen LogP contribution < -0.4 is 10.6 Å². The van der Waals surface area contributed by atoms with Crippen LogP contribution in [0.2, 0.25) is 0 Å². The smallest absolute Gasteiger partial charge is 0.128 e. The number of nitrogens with two attached hydrogens (primary N) is 1. The molecule has 0 atom stereocenters. The summed E-state index contributed by atoms with van der Waals surface area (Å²) in [6.45, 7) is 8.05. The summed E-state index contributed by atoms with van der Waals surface area (Å²) in [5, 5.41) is 7.33. The van der Waals surface area contributed by atoms with Crippen LogP contribution in [0.1, 0.15) is 25.8 Å². The molecule has 0 saturated carbocycles. The molecule has 1 aromatic heterocycles. The van der Waals surface area contributed by atoms with Crippen LogP contribution in [-0.2, 0) is 0 Å². The minimum absolute atomic E-state index is 0.220. The van der Waals surface area contributed by atoms with Gasteiger partial charge in [-0.15, -0.1) is 0 Å². The van der Waals surface area contributed by atoms with Gasteiger partial charge in [0.2, 0.25) is 0 Å². The number of hydrogen-bond acceptors (Lipinski definition) is 3. The molecule has 0 aliphatic rings. The van der Waals surface area contributed by atoms with Crippen LogP contribution in [0.4, 0.5) is 5.82 Å². The third-order valence-electron chi connectivity index (χ3n) is 2.59. The summed E-state index contributed by atoms with van der Waals surface area (Å²) in [5.41, 5.74) is 6.60. The van der Waals surface area contributed by atoms with Crippen LogP contribution in [0.15, 0.2) is 16.7 Å². The van der Waals surface area contributed by atoms with E-state index in [9.17, 15) is 0 Å². The molecule has 0 unspecified atom stereocenters. The van der Waals surface area contributed by atoms with E-state index in [1.165, 1.54) is 0 Å². The third-order valence-corrected chi connectivity index (χ3v) is 3.42. The predicted octanol–water partition coefficient (Wildman–Crippen LogP) is 2.94. The van der Waals surface area contributed by atoms with Gasteiger partial charge in [-0.2, -0.15) is 0 Å². The van der Waals surface area contributed by atoms with Crippen molar-refractivity contribution in [1.29, 1.82) is 5.41 Å². The number of aromatic nitrogens is 1. The van der Waals surface area contributed by atoms with Crippen molar-refractivity contribution in [1.82, 2.24) is 4.98 Å². The number of nitrogens with one attached hydrogen (secondary N) is 1. The minimum atomic E-state index is 0.220. The zero-order valence-electron chi connectivity index (χ0n) is 11.2. The average Bonchev–Trinajstić information content (AvgIpc) is 2.27. The van der Waals surface area contributed by atoms with Gasteiger partial charge >= 0.3 is 0 Å². The number of anilines is 1. The third kappa shape index (κ3) is 4.64. The van der Waals surface area contributed by atoms with E-state index in [-0.39, 0.29) is 5.84 Å². The van der Waals surface area contributed by atoms with Crippen molar-refractivity contribution < 1.29 is 0 Å². The maximum absolute atomic E-state index is 7.33. The van der Waals surface area contributed by atoms with Gasteiger partial charge in [-0.3, -0.25) is 5.41 Å². The van der Waals surface area contributed by atoms with Gasteiger partial charge in [0.1, 0.15) is 5.82 Å². The lowest BCUT2D eigenvalue weighted by Crippen LogP contribution is -2.31. The number of aryl methyl sites for hydroxylation is 1. The molecule has 0 saturated heterocycles. The summed E-state index contributed by atoms with van der Waals surface area (Å²) >= 11 is 3.46. The molecule has 0 bridgehead atoms. The topological polar surface area (TPSA) is 66.0 Å². The summed E-state index contributed by atoms with van der Waals surface area (Å²) in [6.07, 6.45) is 2.40. The molecular weight excluding hydrogens is 292 g/mol. The Balaban J connectivity index is 2.86. The average molecular weight is 313 g/mol. The lowest BCUT2D eigenvalue weighted by molar-refractivity contribution is 0.608. The first-order valence-corrected chi connectivity index (χ1v) is 6.89. The van der Waals surface area contributed by atoms with Crippen molar-refractivity contribution in [3.63, 3.8) is 0 Å². The fourth-order valence-corrected chi connectivity index (χ4v) is 1.91. The zero-order chi connectivity index (χ0) is 13.7. The van der Waals surface area contributed by atoms with Crippen LogP contribution in [0.3, 0.4) is 0 Å². The Morgan fingerprint density at radius 2 is 2.22 bits per heavy atom. The number of nitrogens with zero attached hydrogens (tertiary/aromatic N) is 2. The monoisotopic (exact) mass is 312 g/mol. The van der Waals surface area contributed by atoms with E-state index in [0.29, 0.717) is 12.3 Å². The number of pyridine rings is 1. The van der Waals surface area contributed by atoms with Gasteiger partial charge in [-0.05, 0) is 40.4 Å². The molecule has 3 N–H and O–H groups in total. The largest absolute Gasteiger partial charge is 0.388 e. The molecule has 0 aliphatic heterocycles. The zero-order valence-corrected chi connectivity index (χ0v) is 12.8.